The van der Waals surface area contributed by atoms with E-state index in [0.717, 1.165) is 11.1 Å². The van der Waals surface area contributed by atoms with Crippen molar-refractivity contribution in [2.45, 2.75) is 32.8 Å². The zero-order valence-corrected chi connectivity index (χ0v) is 14.6. The molecule has 0 fully saturated rings. The second kappa shape index (κ2) is 6.33. The predicted molar refractivity (Wildman–Crippen MR) is 96.5 cm³/mol. The van der Waals surface area contributed by atoms with Gasteiger partial charge in [0, 0.05) is 7.11 Å². The minimum absolute atomic E-state index is 0.0599. The molecule has 3 aromatic rings. The average molecular weight is 340 g/mol. The molecule has 0 aliphatic rings. The van der Waals surface area contributed by atoms with Crippen LogP contribution < -0.4 is 5.43 Å². The molecule has 1 heterocycles. The molecule has 0 saturated carbocycles. The van der Waals surface area contributed by atoms with Crippen molar-refractivity contribution in [3.8, 4) is 0 Å². The van der Waals surface area contributed by atoms with E-state index in [-0.39, 0.29) is 28.4 Å². The first kappa shape index (κ1) is 17.2. The van der Waals surface area contributed by atoms with E-state index in [0.29, 0.717) is 16.6 Å². The monoisotopic (exact) mass is 340 g/mol. The Morgan fingerprint density at radius 3 is 2.44 bits per heavy atom. The van der Waals surface area contributed by atoms with E-state index in [1.807, 2.05) is 26.8 Å². The molecule has 0 amide bonds. The molecule has 3 rings (SSSR count). The SMILES string of the molecule is COC(C)c1cc(C(C)C)c2oc3ccc(C(=O)O)cc3c(=O)c2c1. The molecule has 5 heteroatoms. The largest absolute Gasteiger partial charge is 0.478 e. The zero-order chi connectivity index (χ0) is 18.3. The van der Waals surface area contributed by atoms with Gasteiger partial charge in [-0.25, -0.2) is 4.79 Å². The van der Waals surface area contributed by atoms with Gasteiger partial charge in [-0.05, 0) is 54.3 Å². The Bertz CT molecular complexity index is 1030. The minimum Gasteiger partial charge on any atom is -0.478 e. The summed E-state index contributed by atoms with van der Waals surface area (Å²) in [7, 11) is 1.62. The number of methoxy groups -OCH3 is 1. The van der Waals surface area contributed by atoms with Gasteiger partial charge in [0.05, 0.1) is 22.4 Å². The zero-order valence-electron chi connectivity index (χ0n) is 14.6. The number of benzene rings is 2. The molecule has 0 aliphatic heterocycles. The molecule has 1 N–H and O–H groups in total. The van der Waals surface area contributed by atoms with Crippen molar-refractivity contribution in [2.75, 3.05) is 7.11 Å². The van der Waals surface area contributed by atoms with Crippen LogP contribution in [0.4, 0.5) is 0 Å². The van der Waals surface area contributed by atoms with Gasteiger partial charge in [-0.1, -0.05) is 13.8 Å². The Kier molecular flexibility index (Phi) is 4.35. The summed E-state index contributed by atoms with van der Waals surface area (Å²) >= 11 is 0. The fourth-order valence-corrected chi connectivity index (χ4v) is 2.94. The highest BCUT2D eigenvalue weighted by atomic mass is 16.5. The number of rotatable bonds is 4. The molecule has 0 bridgehead atoms. The lowest BCUT2D eigenvalue weighted by molar-refractivity contribution is 0.0697. The fourth-order valence-electron chi connectivity index (χ4n) is 2.94. The summed E-state index contributed by atoms with van der Waals surface area (Å²) < 4.78 is 11.4. The maximum absolute atomic E-state index is 13.0. The lowest BCUT2D eigenvalue weighted by Gasteiger charge is -2.16. The molecule has 1 unspecified atom stereocenters. The van der Waals surface area contributed by atoms with Crippen LogP contribution in [0.5, 0.6) is 0 Å². The van der Waals surface area contributed by atoms with E-state index < -0.39 is 5.97 Å². The molecule has 130 valence electrons. The first-order valence-corrected chi connectivity index (χ1v) is 8.14. The van der Waals surface area contributed by atoms with Gasteiger partial charge in [-0.3, -0.25) is 4.79 Å². The molecule has 1 atom stereocenters. The van der Waals surface area contributed by atoms with E-state index in [2.05, 4.69) is 0 Å². The van der Waals surface area contributed by atoms with Crippen molar-refractivity contribution in [1.82, 2.24) is 0 Å². The number of carboxylic acid groups (broad SMARTS) is 1. The summed E-state index contributed by atoms with van der Waals surface area (Å²) in [4.78, 5) is 24.2. The normalized spacial score (nSPS) is 12.8. The number of hydrogen-bond acceptors (Lipinski definition) is 4. The van der Waals surface area contributed by atoms with Crippen molar-refractivity contribution in [2.24, 2.45) is 0 Å². The van der Waals surface area contributed by atoms with Crippen LogP contribution in [0.25, 0.3) is 21.9 Å². The number of hydrogen-bond donors (Lipinski definition) is 1. The summed E-state index contributed by atoms with van der Waals surface area (Å²) in [6.07, 6.45) is -0.164. The summed E-state index contributed by atoms with van der Waals surface area (Å²) in [5.74, 6) is -0.920. The Hall–Kier alpha value is -2.66. The van der Waals surface area contributed by atoms with Crippen LogP contribution in [0, 0.1) is 0 Å². The number of aromatic carboxylic acids is 1. The first-order valence-electron chi connectivity index (χ1n) is 8.14. The lowest BCUT2D eigenvalue weighted by Crippen LogP contribution is -2.08. The molecule has 0 aliphatic carbocycles. The highest BCUT2D eigenvalue weighted by Crippen LogP contribution is 2.31. The van der Waals surface area contributed by atoms with E-state index in [1.54, 1.807) is 13.2 Å². The van der Waals surface area contributed by atoms with Gasteiger partial charge >= 0.3 is 5.97 Å². The van der Waals surface area contributed by atoms with Crippen molar-refractivity contribution in [1.29, 1.82) is 0 Å². The highest BCUT2D eigenvalue weighted by Gasteiger charge is 2.18. The third-order valence-electron chi connectivity index (χ3n) is 4.51. The predicted octanol–water partition coefficient (Wildman–Crippen LogP) is 4.48. The van der Waals surface area contributed by atoms with E-state index in [4.69, 9.17) is 14.3 Å². The van der Waals surface area contributed by atoms with Crippen LogP contribution in [0.1, 0.15) is 54.3 Å². The molecule has 0 spiro atoms. The Balaban J connectivity index is 2.44. The smallest absolute Gasteiger partial charge is 0.335 e. The second-order valence-corrected chi connectivity index (χ2v) is 6.47. The lowest BCUT2D eigenvalue weighted by atomic mass is 9.95. The maximum Gasteiger partial charge on any atom is 0.335 e. The van der Waals surface area contributed by atoms with Gasteiger partial charge in [0.25, 0.3) is 0 Å². The van der Waals surface area contributed by atoms with E-state index in [9.17, 15) is 9.59 Å². The Morgan fingerprint density at radius 2 is 1.84 bits per heavy atom. The highest BCUT2D eigenvalue weighted by molar-refractivity contribution is 5.96. The van der Waals surface area contributed by atoms with Gasteiger partial charge in [-0.15, -0.1) is 0 Å². The minimum atomic E-state index is -1.08. The summed E-state index contributed by atoms with van der Waals surface area (Å²) in [6.45, 7) is 5.98. The van der Waals surface area contributed by atoms with Gasteiger partial charge in [0.15, 0.2) is 0 Å². The van der Waals surface area contributed by atoms with Crippen molar-refractivity contribution < 1.29 is 19.1 Å². The van der Waals surface area contributed by atoms with Crippen LogP contribution in [0.2, 0.25) is 0 Å². The van der Waals surface area contributed by atoms with Gasteiger partial charge in [-0.2, -0.15) is 0 Å². The average Bonchev–Trinajstić information content (AvgIpc) is 2.60. The van der Waals surface area contributed by atoms with Crippen LogP contribution in [0.15, 0.2) is 39.5 Å². The molecule has 1 aromatic heterocycles. The molecule has 25 heavy (non-hydrogen) atoms. The van der Waals surface area contributed by atoms with E-state index in [1.165, 1.54) is 18.2 Å². The van der Waals surface area contributed by atoms with Crippen LogP contribution in [0.3, 0.4) is 0 Å². The quantitative estimate of drug-likeness (QED) is 0.709. The molecule has 5 nitrogen and oxygen atoms in total. The topological polar surface area (TPSA) is 76.7 Å². The first-order chi connectivity index (χ1) is 11.8. The van der Waals surface area contributed by atoms with Crippen molar-refractivity contribution in [3.05, 3.63) is 57.2 Å². The number of carboxylic acids is 1. The second-order valence-electron chi connectivity index (χ2n) is 6.47. The Morgan fingerprint density at radius 1 is 1.12 bits per heavy atom. The molecular formula is C20H20O5. The summed E-state index contributed by atoms with van der Waals surface area (Å²) in [6, 6.07) is 8.12. The third kappa shape index (κ3) is 2.91. The summed E-state index contributed by atoms with van der Waals surface area (Å²) in [5.41, 5.74) is 2.58. The van der Waals surface area contributed by atoms with Crippen molar-refractivity contribution in [3.63, 3.8) is 0 Å². The van der Waals surface area contributed by atoms with Gasteiger partial charge in [0.1, 0.15) is 11.2 Å². The third-order valence-corrected chi connectivity index (χ3v) is 4.51. The number of fused-ring (bicyclic) bond motifs is 2. The van der Waals surface area contributed by atoms with Gasteiger partial charge < -0.3 is 14.3 Å². The maximum atomic E-state index is 13.0. The van der Waals surface area contributed by atoms with Gasteiger partial charge in [0.2, 0.25) is 5.43 Å². The molecule has 0 radical (unpaired) electrons. The number of ether oxygens (including phenoxy) is 1. The standard InChI is InChI=1S/C20H20O5/c1-10(2)14-8-13(11(3)24-4)9-16-18(21)15-7-12(20(22)23)5-6-17(15)25-19(14)16/h5-11H,1-4H3,(H,22,23). The van der Waals surface area contributed by atoms with E-state index >= 15 is 0 Å². The molecule has 0 saturated heterocycles. The Labute approximate surface area is 144 Å². The summed E-state index contributed by atoms with van der Waals surface area (Å²) in [5, 5.41) is 9.88. The van der Waals surface area contributed by atoms with Crippen molar-refractivity contribution >= 4 is 27.9 Å². The molecular weight excluding hydrogens is 320 g/mol. The number of carbonyl (C=O) groups is 1. The molecule has 2 aromatic carbocycles. The van der Waals surface area contributed by atoms with Crippen LogP contribution >= 0.6 is 0 Å². The van der Waals surface area contributed by atoms with Crippen LogP contribution in [-0.4, -0.2) is 18.2 Å². The fraction of sp³-hybridized carbons (Fsp3) is 0.300. The van der Waals surface area contributed by atoms with Crippen LogP contribution in [-0.2, 0) is 4.74 Å².